The molecule has 1 aromatic heterocycles. The zero-order chi connectivity index (χ0) is 21.2. The molecule has 1 aromatic carbocycles. The van der Waals surface area contributed by atoms with Gasteiger partial charge in [-0.05, 0) is 30.5 Å². The van der Waals surface area contributed by atoms with Gasteiger partial charge in [0, 0.05) is 24.2 Å². The van der Waals surface area contributed by atoms with E-state index in [1.165, 1.54) is 17.7 Å². The molecule has 3 rings (SSSR count). The van der Waals surface area contributed by atoms with Crippen LogP contribution in [-0.2, 0) is 16.6 Å². The minimum Gasteiger partial charge on any atom is -0.341 e. The molecule has 0 aliphatic heterocycles. The second-order valence-corrected chi connectivity index (χ2v) is 7.75. The third-order valence-corrected chi connectivity index (χ3v) is 5.77. The van der Waals surface area contributed by atoms with E-state index in [9.17, 15) is 22.8 Å². The summed E-state index contributed by atoms with van der Waals surface area (Å²) in [6, 6.07) is 5.51. The normalized spacial score (nSPS) is 15.5. The van der Waals surface area contributed by atoms with Crippen molar-refractivity contribution in [2.45, 2.75) is 37.3 Å². The minimum absolute atomic E-state index is 0.0217. The second-order valence-electron chi connectivity index (χ2n) is 6.93. The fourth-order valence-corrected chi connectivity index (χ4v) is 3.55. The van der Waals surface area contributed by atoms with Gasteiger partial charge in [0.05, 0.1) is 22.2 Å². The average Bonchev–Trinajstić information content (AvgIpc) is 2.64. The number of hydrogen-bond donors (Lipinski definition) is 1. The van der Waals surface area contributed by atoms with Gasteiger partial charge in [-0.2, -0.15) is 13.2 Å². The minimum atomic E-state index is -5.04. The highest BCUT2D eigenvalue weighted by molar-refractivity contribution is 6.42. The van der Waals surface area contributed by atoms with Crippen LogP contribution in [0.25, 0.3) is 0 Å². The Balaban J connectivity index is 1.67. The molecule has 0 radical (unpaired) electrons. The number of halogens is 5. The summed E-state index contributed by atoms with van der Waals surface area (Å²) in [5.74, 6) is -2.37. The predicted octanol–water partition coefficient (Wildman–Crippen LogP) is 4.31. The first-order valence-corrected chi connectivity index (χ1v) is 9.51. The fraction of sp³-hybridized carbons (Fsp3) is 0.368. The summed E-state index contributed by atoms with van der Waals surface area (Å²) >= 11 is 12.1. The van der Waals surface area contributed by atoms with Gasteiger partial charge >= 0.3 is 12.1 Å². The summed E-state index contributed by atoms with van der Waals surface area (Å²) in [6.07, 6.45) is 0.913. The maximum atomic E-state index is 12.2. The molecule has 1 amide bonds. The molecule has 5 nitrogen and oxygen atoms in total. The highest BCUT2D eigenvalue weighted by Gasteiger charge is 2.40. The molecule has 0 atom stereocenters. The first-order valence-electron chi connectivity index (χ1n) is 8.75. The number of nitrogens with one attached hydrogen (secondary N) is 1. The number of carbonyl (C=O) groups is 2. The lowest BCUT2D eigenvalue weighted by molar-refractivity contribution is -0.173. The third kappa shape index (κ3) is 4.87. The van der Waals surface area contributed by atoms with Crippen molar-refractivity contribution in [3.05, 3.63) is 57.6 Å². The van der Waals surface area contributed by atoms with Crippen molar-refractivity contribution < 1.29 is 22.8 Å². The zero-order valence-electron chi connectivity index (χ0n) is 15.0. The summed E-state index contributed by atoms with van der Waals surface area (Å²) in [5, 5.41) is 2.48. The van der Waals surface area contributed by atoms with Crippen LogP contribution < -0.4 is 5.32 Å². The van der Waals surface area contributed by atoms with Gasteiger partial charge in [-0.15, -0.1) is 0 Å². The van der Waals surface area contributed by atoms with Crippen LogP contribution in [0.1, 0.15) is 41.0 Å². The van der Waals surface area contributed by atoms with Gasteiger partial charge in [0.15, 0.2) is 5.78 Å². The Labute approximate surface area is 174 Å². The quantitative estimate of drug-likeness (QED) is 0.672. The van der Waals surface area contributed by atoms with Crippen LogP contribution in [0.4, 0.5) is 13.2 Å². The van der Waals surface area contributed by atoms with Crippen molar-refractivity contribution in [1.82, 2.24) is 15.3 Å². The number of alkyl halides is 3. The molecule has 0 spiro atoms. The lowest BCUT2D eigenvalue weighted by Crippen LogP contribution is -2.39. The Bertz CT molecular complexity index is 929. The summed E-state index contributed by atoms with van der Waals surface area (Å²) in [6.45, 7) is -0.783. The van der Waals surface area contributed by atoms with Crippen LogP contribution in [0.15, 0.2) is 30.6 Å². The molecule has 29 heavy (non-hydrogen) atoms. The van der Waals surface area contributed by atoms with E-state index in [1.54, 1.807) is 6.07 Å². The van der Waals surface area contributed by atoms with Gasteiger partial charge in [0.1, 0.15) is 5.82 Å². The van der Waals surface area contributed by atoms with Crippen LogP contribution in [0.5, 0.6) is 0 Å². The lowest BCUT2D eigenvalue weighted by Gasteiger charge is -2.42. The molecule has 154 valence electrons. The van der Waals surface area contributed by atoms with Crippen molar-refractivity contribution in [1.29, 1.82) is 0 Å². The number of Topliss-reactive ketones (excluding diaryl/α,β-unsaturated/α-hetero) is 1. The molecule has 1 saturated carbocycles. The van der Waals surface area contributed by atoms with Crippen molar-refractivity contribution in [2.75, 3.05) is 6.54 Å². The molecule has 1 N–H and O–H groups in total. The van der Waals surface area contributed by atoms with E-state index >= 15 is 0 Å². The van der Waals surface area contributed by atoms with E-state index in [0.717, 1.165) is 24.8 Å². The highest BCUT2D eigenvalue weighted by Crippen LogP contribution is 2.46. The number of amides is 1. The number of carbonyl (C=O) groups excluding carboxylic acids is 2. The van der Waals surface area contributed by atoms with Gasteiger partial charge in [-0.1, -0.05) is 35.7 Å². The van der Waals surface area contributed by atoms with Crippen molar-refractivity contribution in [2.24, 2.45) is 0 Å². The van der Waals surface area contributed by atoms with Crippen LogP contribution >= 0.6 is 23.2 Å². The van der Waals surface area contributed by atoms with E-state index < -0.39 is 24.4 Å². The molecule has 0 unspecified atom stereocenters. The molecule has 10 heteroatoms. The van der Waals surface area contributed by atoms with Crippen molar-refractivity contribution in [3.8, 4) is 0 Å². The van der Waals surface area contributed by atoms with Crippen LogP contribution in [0.2, 0.25) is 10.0 Å². The van der Waals surface area contributed by atoms with E-state index in [0.29, 0.717) is 22.3 Å². The van der Waals surface area contributed by atoms with Gasteiger partial charge in [0.2, 0.25) is 0 Å². The number of benzene rings is 1. The van der Waals surface area contributed by atoms with Crippen molar-refractivity contribution in [3.63, 3.8) is 0 Å². The maximum absolute atomic E-state index is 12.2. The maximum Gasteiger partial charge on any atom is 0.471 e. The Hall–Kier alpha value is -2.19. The molecule has 1 fully saturated rings. The second kappa shape index (κ2) is 8.28. The van der Waals surface area contributed by atoms with E-state index in [2.05, 4.69) is 9.97 Å². The Morgan fingerprint density at radius 2 is 1.76 bits per heavy atom. The molecule has 0 saturated heterocycles. The summed E-state index contributed by atoms with van der Waals surface area (Å²) in [4.78, 5) is 31.1. The number of hydrogen-bond acceptors (Lipinski definition) is 4. The largest absolute Gasteiger partial charge is 0.471 e. The van der Waals surface area contributed by atoms with Gasteiger partial charge in [-0.25, -0.2) is 9.97 Å². The molecule has 0 bridgehead atoms. The number of nitrogens with zero attached hydrogens (tertiary/aromatic N) is 2. The first kappa shape index (κ1) is 21.5. The summed E-state index contributed by atoms with van der Waals surface area (Å²) in [7, 11) is 0. The third-order valence-electron chi connectivity index (χ3n) is 5.03. The van der Waals surface area contributed by atoms with E-state index in [1.807, 2.05) is 12.1 Å². The fourth-order valence-electron chi connectivity index (χ4n) is 3.25. The molecule has 2 aromatic rings. The lowest BCUT2D eigenvalue weighted by atomic mass is 9.62. The number of ketones is 1. The number of aromatic nitrogens is 2. The molecular formula is C19H16Cl2F3N3O2. The first-order chi connectivity index (χ1) is 13.6. The van der Waals surface area contributed by atoms with E-state index in [4.69, 9.17) is 23.2 Å². The SMILES string of the molecule is O=C(CNC(=O)C(F)(F)F)c1cnc(CC2(c3ccc(Cl)c(Cl)c3)CCC2)nc1. The van der Waals surface area contributed by atoms with Gasteiger partial charge in [0.25, 0.3) is 0 Å². The van der Waals surface area contributed by atoms with Gasteiger partial charge < -0.3 is 5.32 Å². The standard InChI is InChI=1S/C19H16Cl2F3N3O2/c20-13-3-2-12(6-14(13)21)18(4-1-5-18)7-16-25-8-11(9-26-16)15(28)10-27-17(29)19(22,23)24/h2-3,6,8-9H,1,4-5,7,10H2,(H,27,29). The monoisotopic (exact) mass is 445 g/mol. The predicted molar refractivity (Wildman–Crippen MR) is 101 cm³/mol. The molecule has 1 aliphatic carbocycles. The van der Waals surface area contributed by atoms with Crippen LogP contribution in [0, 0.1) is 0 Å². The Kier molecular flexibility index (Phi) is 6.14. The summed E-state index contributed by atoms with van der Waals surface area (Å²) < 4.78 is 36.5. The van der Waals surface area contributed by atoms with Crippen molar-refractivity contribution >= 4 is 34.9 Å². The van der Waals surface area contributed by atoms with E-state index in [-0.39, 0.29) is 11.0 Å². The summed E-state index contributed by atoms with van der Waals surface area (Å²) in [5.41, 5.74) is 0.894. The smallest absolute Gasteiger partial charge is 0.341 e. The van der Waals surface area contributed by atoms with Crippen LogP contribution in [0.3, 0.4) is 0 Å². The molecule has 1 heterocycles. The number of rotatable bonds is 6. The molecule has 1 aliphatic rings. The Morgan fingerprint density at radius 3 is 2.28 bits per heavy atom. The Morgan fingerprint density at radius 1 is 1.10 bits per heavy atom. The van der Waals surface area contributed by atoms with Crippen LogP contribution in [-0.4, -0.2) is 34.4 Å². The van der Waals surface area contributed by atoms with Gasteiger partial charge in [-0.3, -0.25) is 9.59 Å². The topological polar surface area (TPSA) is 72.0 Å². The zero-order valence-corrected chi connectivity index (χ0v) is 16.5. The average molecular weight is 446 g/mol. The molecular weight excluding hydrogens is 430 g/mol. The highest BCUT2D eigenvalue weighted by atomic mass is 35.5.